The standard InChI is InChI=1S/C23H23N3OS/c27-23(24-21-16-25-11-8-18(21)9-12-25)26-13-10-22-19(15-26)14-20(28-22)7-6-17-4-2-1-3-5-17/h1-5,10,14-15,18,21H,8-9,11-13,16H2,(H,24,27)/t21-/m0/s1. The van der Waals surface area contributed by atoms with Crippen LogP contribution >= 0.6 is 11.3 Å². The summed E-state index contributed by atoms with van der Waals surface area (Å²) >= 11 is 1.69. The molecule has 1 aromatic carbocycles. The van der Waals surface area contributed by atoms with Gasteiger partial charge in [0.15, 0.2) is 0 Å². The van der Waals surface area contributed by atoms with Crippen LogP contribution in [0.4, 0.5) is 4.79 Å². The van der Waals surface area contributed by atoms with E-state index in [1.165, 1.54) is 30.5 Å². The van der Waals surface area contributed by atoms with E-state index < -0.39 is 0 Å². The van der Waals surface area contributed by atoms with Gasteiger partial charge in [0.1, 0.15) is 0 Å². The van der Waals surface area contributed by atoms with Gasteiger partial charge in [-0.25, -0.2) is 4.79 Å². The minimum atomic E-state index is 0.0174. The minimum Gasteiger partial charge on any atom is -0.333 e. The normalized spacial score (nSPS) is 25.0. The van der Waals surface area contributed by atoms with E-state index in [4.69, 9.17) is 0 Å². The number of hydrogen-bond acceptors (Lipinski definition) is 3. The molecule has 0 unspecified atom stereocenters. The highest BCUT2D eigenvalue weighted by atomic mass is 32.1. The van der Waals surface area contributed by atoms with Crippen LogP contribution in [0.15, 0.2) is 36.4 Å². The Morgan fingerprint density at radius 2 is 1.96 bits per heavy atom. The first-order valence-electron chi connectivity index (χ1n) is 9.93. The lowest BCUT2D eigenvalue weighted by Crippen LogP contribution is -2.59. The van der Waals surface area contributed by atoms with Crippen molar-refractivity contribution in [1.82, 2.24) is 15.1 Å². The summed E-state index contributed by atoms with van der Waals surface area (Å²) in [5.74, 6) is 7.10. The number of amides is 2. The van der Waals surface area contributed by atoms with Crippen LogP contribution in [-0.2, 0) is 0 Å². The molecule has 2 amide bonds. The molecule has 2 bridgehead atoms. The number of carbonyl (C=O) groups excluding carboxylic acids is 1. The van der Waals surface area contributed by atoms with Crippen molar-refractivity contribution in [2.24, 2.45) is 5.92 Å². The molecule has 0 spiro atoms. The molecule has 0 aliphatic carbocycles. The molecule has 6 rings (SSSR count). The minimum absolute atomic E-state index is 0.0174. The van der Waals surface area contributed by atoms with Crippen LogP contribution in [0, 0.1) is 17.8 Å². The number of benzene rings is 1. The number of fused-ring (bicyclic) bond motifs is 4. The highest BCUT2D eigenvalue weighted by molar-refractivity contribution is 7.10. The van der Waals surface area contributed by atoms with Gasteiger partial charge in [-0.1, -0.05) is 30.0 Å². The third-order valence-electron chi connectivity index (χ3n) is 5.89. The third-order valence-corrected chi connectivity index (χ3v) is 6.95. The summed E-state index contributed by atoms with van der Waals surface area (Å²) in [5.41, 5.74) is 1.01. The fourth-order valence-corrected chi connectivity index (χ4v) is 5.22. The number of nitrogens with zero attached hydrogens (tertiary/aromatic N) is 2. The Bertz CT molecular complexity index is 1050. The predicted octanol–water partition coefficient (Wildman–Crippen LogP) is 1.79. The van der Waals surface area contributed by atoms with Gasteiger partial charge in [0, 0.05) is 40.6 Å². The van der Waals surface area contributed by atoms with Crippen molar-refractivity contribution in [1.29, 1.82) is 0 Å². The predicted molar refractivity (Wildman–Crippen MR) is 113 cm³/mol. The zero-order valence-corrected chi connectivity index (χ0v) is 16.5. The van der Waals surface area contributed by atoms with Crippen LogP contribution in [-0.4, -0.2) is 48.1 Å². The second-order valence-corrected chi connectivity index (χ2v) is 8.81. The molecule has 4 aliphatic rings. The van der Waals surface area contributed by atoms with E-state index in [0.717, 1.165) is 22.2 Å². The lowest BCUT2D eigenvalue weighted by atomic mass is 9.84. The van der Waals surface area contributed by atoms with Crippen LogP contribution < -0.4 is 15.1 Å². The Labute approximate surface area is 169 Å². The molecule has 0 saturated carbocycles. The number of nitrogens with one attached hydrogen (secondary N) is 1. The molecular formula is C23H23N3OS. The maximum absolute atomic E-state index is 12.8. The van der Waals surface area contributed by atoms with Gasteiger partial charge in [-0.15, -0.1) is 11.3 Å². The monoisotopic (exact) mass is 389 g/mol. The summed E-state index contributed by atoms with van der Waals surface area (Å²) in [4.78, 5) is 18.1. The van der Waals surface area contributed by atoms with Gasteiger partial charge in [-0.3, -0.25) is 4.90 Å². The maximum atomic E-state index is 12.8. The molecule has 5 heteroatoms. The van der Waals surface area contributed by atoms with Crippen LogP contribution in [0.25, 0.3) is 12.3 Å². The van der Waals surface area contributed by atoms with E-state index in [9.17, 15) is 4.79 Å². The first-order chi connectivity index (χ1) is 13.7. The molecule has 1 atom stereocenters. The second kappa shape index (κ2) is 7.46. The Morgan fingerprint density at radius 3 is 2.71 bits per heavy atom. The summed E-state index contributed by atoms with van der Waals surface area (Å²) in [6, 6.07) is 12.4. The van der Waals surface area contributed by atoms with Crippen molar-refractivity contribution >= 4 is 29.6 Å². The smallest absolute Gasteiger partial charge is 0.321 e. The average Bonchev–Trinajstić information content (AvgIpc) is 3.16. The van der Waals surface area contributed by atoms with Gasteiger partial charge < -0.3 is 10.2 Å². The molecule has 2 aromatic rings. The Morgan fingerprint density at radius 1 is 1.14 bits per heavy atom. The van der Waals surface area contributed by atoms with Crippen LogP contribution in [0.2, 0.25) is 0 Å². The van der Waals surface area contributed by atoms with Crippen LogP contribution in [0.3, 0.4) is 0 Å². The molecule has 3 fully saturated rings. The van der Waals surface area contributed by atoms with Gasteiger partial charge in [-0.2, -0.15) is 0 Å². The van der Waals surface area contributed by atoms with Gasteiger partial charge in [0.2, 0.25) is 0 Å². The van der Waals surface area contributed by atoms with Gasteiger partial charge in [-0.05, 0) is 56.1 Å². The zero-order chi connectivity index (χ0) is 18.9. The number of rotatable bonds is 1. The first kappa shape index (κ1) is 17.5. The topological polar surface area (TPSA) is 35.6 Å². The lowest BCUT2D eigenvalue weighted by Gasteiger charge is -2.45. The van der Waals surface area contributed by atoms with E-state index in [1.54, 1.807) is 16.2 Å². The number of piperidine rings is 3. The number of carbonyl (C=O) groups is 1. The molecule has 5 heterocycles. The number of hydrogen-bond donors (Lipinski definition) is 1. The number of urea groups is 1. The van der Waals surface area contributed by atoms with Crippen molar-refractivity contribution < 1.29 is 4.79 Å². The molecule has 4 aliphatic heterocycles. The quantitative estimate of drug-likeness (QED) is 0.755. The van der Waals surface area contributed by atoms with Gasteiger partial charge >= 0.3 is 6.03 Å². The Kier molecular flexibility index (Phi) is 4.67. The van der Waals surface area contributed by atoms with Gasteiger partial charge in [0.25, 0.3) is 0 Å². The molecule has 1 N–H and O–H groups in total. The molecule has 3 saturated heterocycles. The van der Waals surface area contributed by atoms with Crippen molar-refractivity contribution in [2.75, 3.05) is 26.2 Å². The van der Waals surface area contributed by atoms with Gasteiger partial charge in [0.05, 0.1) is 4.88 Å². The molecule has 4 nitrogen and oxygen atoms in total. The summed E-state index contributed by atoms with van der Waals surface area (Å²) in [5, 5.41) is 4.35. The summed E-state index contributed by atoms with van der Waals surface area (Å²) < 4.78 is 1.20. The maximum Gasteiger partial charge on any atom is 0.321 e. The SMILES string of the molecule is O=C(N[C@H]1CN2CCC1CC2)N1C=c2cc(C#Cc3ccccc3)sc2=CC1. The Balaban J connectivity index is 1.30. The van der Waals surface area contributed by atoms with Crippen molar-refractivity contribution in [3.05, 3.63) is 56.6 Å². The second-order valence-electron chi connectivity index (χ2n) is 7.73. The van der Waals surface area contributed by atoms with Crippen LogP contribution in [0.1, 0.15) is 23.3 Å². The zero-order valence-electron chi connectivity index (χ0n) is 15.7. The molecule has 142 valence electrons. The fourth-order valence-electron chi connectivity index (χ4n) is 4.31. The van der Waals surface area contributed by atoms with Crippen molar-refractivity contribution in [2.45, 2.75) is 18.9 Å². The van der Waals surface area contributed by atoms with E-state index in [-0.39, 0.29) is 6.03 Å². The van der Waals surface area contributed by atoms with Crippen molar-refractivity contribution in [3.8, 4) is 11.8 Å². The third kappa shape index (κ3) is 3.58. The summed E-state index contributed by atoms with van der Waals surface area (Å²) in [6.45, 7) is 3.99. The highest BCUT2D eigenvalue weighted by Gasteiger charge is 2.35. The molecule has 1 aromatic heterocycles. The Hall–Kier alpha value is -2.55. The van der Waals surface area contributed by atoms with Crippen LogP contribution in [0.5, 0.6) is 0 Å². The van der Waals surface area contributed by atoms with E-state index in [1.807, 2.05) is 36.5 Å². The number of thiophene rings is 1. The average molecular weight is 390 g/mol. The molecule has 0 radical (unpaired) electrons. The van der Waals surface area contributed by atoms with Crippen molar-refractivity contribution in [3.63, 3.8) is 0 Å². The van der Waals surface area contributed by atoms with E-state index >= 15 is 0 Å². The van der Waals surface area contributed by atoms with E-state index in [0.29, 0.717) is 18.5 Å². The van der Waals surface area contributed by atoms with E-state index in [2.05, 4.69) is 34.2 Å². The summed E-state index contributed by atoms with van der Waals surface area (Å²) in [6.07, 6.45) is 6.51. The fraction of sp³-hybridized carbons (Fsp3) is 0.348. The largest absolute Gasteiger partial charge is 0.333 e. The summed E-state index contributed by atoms with van der Waals surface area (Å²) in [7, 11) is 0. The lowest BCUT2D eigenvalue weighted by molar-refractivity contribution is 0.0750. The highest BCUT2D eigenvalue weighted by Crippen LogP contribution is 2.27. The first-order valence-corrected chi connectivity index (χ1v) is 10.7. The molecular weight excluding hydrogens is 366 g/mol. The molecule has 28 heavy (non-hydrogen) atoms.